The van der Waals surface area contributed by atoms with E-state index in [1.54, 1.807) is 11.8 Å². The summed E-state index contributed by atoms with van der Waals surface area (Å²) < 4.78 is 0. The van der Waals surface area contributed by atoms with Crippen molar-refractivity contribution in [3.63, 3.8) is 0 Å². The molecule has 15 heteroatoms. The van der Waals surface area contributed by atoms with E-state index in [0.717, 1.165) is 10.6 Å². The number of imide groups is 1. The van der Waals surface area contributed by atoms with Crippen LogP contribution >= 0.6 is 0 Å². The zero-order chi connectivity index (χ0) is 32.5. The number of carbonyl (C=O) groups is 8. The van der Waals surface area contributed by atoms with Crippen LogP contribution in [0.1, 0.15) is 59.8 Å². The highest BCUT2D eigenvalue weighted by Gasteiger charge is 2.35. The van der Waals surface area contributed by atoms with E-state index >= 15 is 0 Å². The van der Waals surface area contributed by atoms with Crippen molar-refractivity contribution in [1.82, 2.24) is 36.4 Å². The van der Waals surface area contributed by atoms with E-state index in [0.29, 0.717) is 19.4 Å². The summed E-state index contributed by atoms with van der Waals surface area (Å²) in [5, 5.41) is 12.1. The largest absolute Gasteiger partial charge is 0.354 e. The van der Waals surface area contributed by atoms with Crippen molar-refractivity contribution in [2.45, 2.75) is 59.8 Å². The van der Waals surface area contributed by atoms with Gasteiger partial charge < -0.3 is 31.5 Å². The molecular formula is C28H45N7O8. The maximum absolute atomic E-state index is 12.0. The fourth-order valence-electron chi connectivity index (χ4n) is 4.25. The first-order valence-corrected chi connectivity index (χ1v) is 14.6. The summed E-state index contributed by atoms with van der Waals surface area (Å²) in [5.41, 5.74) is 0.736. The van der Waals surface area contributed by atoms with Gasteiger partial charge in [-0.2, -0.15) is 0 Å². The Morgan fingerprint density at radius 1 is 0.651 bits per heavy atom. The number of hydrogen-bond acceptors (Lipinski definition) is 8. The Balaban J connectivity index is 0.00000452. The van der Waals surface area contributed by atoms with Crippen LogP contribution in [0.2, 0.25) is 0 Å². The van der Waals surface area contributed by atoms with Crippen LogP contribution < -0.4 is 26.6 Å². The number of rotatable bonds is 16. The minimum absolute atomic E-state index is 0.00717. The summed E-state index contributed by atoms with van der Waals surface area (Å²) in [4.78, 5) is 97.6. The molecule has 0 bridgehead atoms. The fraction of sp³-hybridized carbons (Fsp3) is 0.643. The molecule has 240 valence electrons. The van der Waals surface area contributed by atoms with Gasteiger partial charge in [0, 0.05) is 63.0 Å². The molecule has 0 saturated carbocycles. The molecule has 8 amide bonds. The topological polar surface area (TPSA) is 203 Å². The zero-order valence-electron chi connectivity index (χ0n) is 25.5. The minimum Gasteiger partial charge on any atom is -0.354 e. The molecular weight excluding hydrogens is 562 g/mol. The number of carbonyl (C=O) groups excluding carboxylic acids is 8. The number of amides is 8. The zero-order valence-corrected chi connectivity index (χ0v) is 25.5. The van der Waals surface area contributed by atoms with Crippen molar-refractivity contribution in [2.75, 3.05) is 45.8 Å². The lowest BCUT2D eigenvalue weighted by Gasteiger charge is -2.17. The van der Waals surface area contributed by atoms with E-state index in [-0.39, 0.29) is 93.4 Å². The first-order chi connectivity index (χ1) is 20.4. The Labute approximate surface area is 251 Å². The monoisotopic (exact) mass is 607 g/mol. The average Bonchev–Trinajstić information content (AvgIpc) is 3.36. The Bertz CT molecular complexity index is 1080. The maximum Gasteiger partial charge on any atom is 0.239 e. The van der Waals surface area contributed by atoms with E-state index in [1.807, 2.05) is 20.8 Å². The van der Waals surface area contributed by atoms with E-state index in [4.69, 9.17) is 0 Å². The van der Waals surface area contributed by atoms with Crippen LogP contribution in [0.3, 0.4) is 0 Å². The molecule has 2 saturated heterocycles. The molecule has 2 aliphatic rings. The van der Waals surface area contributed by atoms with E-state index in [9.17, 15) is 38.4 Å². The number of likely N-dealkylation sites (tertiary alicyclic amines) is 2. The van der Waals surface area contributed by atoms with E-state index in [2.05, 4.69) is 33.2 Å². The predicted octanol–water partition coefficient (Wildman–Crippen LogP) is -1.46. The highest BCUT2D eigenvalue weighted by Crippen LogP contribution is 2.26. The maximum atomic E-state index is 12.0. The molecule has 0 spiro atoms. The summed E-state index contributed by atoms with van der Waals surface area (Å²) in [5.74, 6) is -3.48. The van der Waals surface area contributed by atoms with Gasteiger partial charge in [0.15, 0.2) is 0 Å². The molecule has 15 nitrogen and oxygen atoms in total. The summed E-state index contributed by atoms with van der Waals surface area (Å²) >= 11 is 0. The van der Waals surface area contributed by atoms with Crippen molar-refractivity contribution < 1.29 is 38.4 Å². The van der Waals surface area contributed by atoms with Gasteiger partial charge in [-0.25, -0.2) is 0 Å². The van der Waals surface area contributed by atoms with Gasteiger partial charge in [-0.1, -0.05) is 34.3 Å². The molecule has 43 heavy (non-hydrogen) atoms. The molecule has 0 radical (unpaired) electrons. The SMILES string of the molecule is C=C1CC(C)C(=O)N1CCCC(=O)NCC(=O)NCC(=O)NCC(=O)NCCC(=O)NCCN1C(=O)CC(C)C1=O.CC. The highest BCUT2D eigenvalue weighted by molar-refractivity contribution is 6.03. The second-order valence-electron chi connectivity index (χ2n) is 10.0. The third kappa shape index (κ3) is 13.0. The third-order valence-electron chi connectivity index (χ3n) is 6.54. The number of allylic oxidation sites excluding steroid dienone is 1. The van der Waals surface area contributed by atoms with Crippen molar-refractivity contribution in [3.8, 4) is 0 Å². The summed E-state index contributed by atoms with van der Waals surface area (Å²) in [6.45, 7) is 10.9. The molecule has 2 heterocycles. The summed E-state index contributed by atoms with van der Waals surface area (Å²) in [7, 11) is 0. The Morgan fingerprint density at radius 2 is 1.12 bits per heavy atom. The first-order valence-electron chi connectivity index (χ1n) is 14.6. The predicted molar refractivity (Wildman–Crippen MR) is 155 cm³/mol. The van der Waals surface area contributed by atoms with Gasteiger partial charge in [0.05, 0.1) is 19.6 Å². The quantitative estimate of drug-likeness (QED) is 0.131. The Morgan fingerprint density at radius 3 is 1.63 bits per heavy atom. The summed E-state index contributed by atoms with van der Waals surface area (Å²) in [6, 6.07) is 0. The van der Waals surface area contributed by atoms with Crippen LogP contribution in [-0.2, 0) is 38.4 Å². The normalized spacial score (nSPS) is 17.7. The van der Waals surface area contributed by atoms with Crippen molar-refractivity contribution in [1.29, 1.82) is 0 Å². The Kier molecular flexibility index (Phi) is 16.2. The molecule has 5 N–H and O–H groups in total. The van der Waals surface area contributed by atoms with Crippen LogP contribution in [0.25, 0.3) is 0 Å². The molecule has 2 atom stereocenters. The highest BCUT2D eigenvalue weighted by atomic mass is 16.2. The van der Waals surface area contributed by atoms with Gasteiger partial charge in [0.2, 0.25) is 47.3 Å². The second kappa shape index (κ2) is 19.0. The van der Waals surface area contributed by atoms with Gasteiger partial charge in [-0.15, -0.1) is 0 Å². The molecule has 0 aliphatic carbocycles. The molecule has 2 rings (SSSR count). The van der Waals surface area contributed by atoms with Crippen LogP contribution in [0.5, 0.6) is 0 Å². The number of hydrogen-bond donors (Lipinski definition) is 5. The lowest BCUT2D eigenvalue weighted by molar-refractivity contribution is -0.139. The smallest absolute Gasteiger partial charge is 0.239 e. The van der Waals surface area contributed by atoms with Crippen LogP contribution in [0.4, 0.5) is 0 Å². The molecule has 2 fully saturated rings. The third-order valence-corrected chi connectivity index (χ3v) is 6.54. The van der Waals surface area contributed by atoms with Gasteiger partial charge >= 0.3 is 0 Å². The van der Waals surface area contributed by atoms with Crippen LogP contribution in [0.15, 0.2) is 12.3 Å². The van der Waals surface area contributed by atoms with Gasteiger partial charge in [-0.05, 0) is 12.8 Å². The van der Waals surface area contributed by atoms with Crippen molar-refractivity contribution in [2.24, 2.45) is 11.8 Å². The van der Waals surface area contributed by atoms with Gasteiger partial charge in [-0.3, -0.25) is 43.3 Å². The summed E-state index contributed by atoms with van der Waals surface area (Å²) in [6.07, 6.45) is 1.28. The molecule has 0 aromatic carbocycles. The molecule has 0 aromatic rings. The van der Waals surface area contributed by atoms with Crippen LogP contribution in [-0.4, -0.2) is 103 Å². The van der Waals surface area contributed by atoms with Gasteiger partial charge in [0.1, 0.15) is 0 Å². The van der Waals surface area contributed by atoms with Crippen molar-refractivity contribution in [3.05, 3.63) is 12.3 Å². The molecule has 0 aromatic heterocycles. The Hall–Kier alpha value is -4.30. The average molecular weight is 608 g/mol. The lowest BCUT2D eigenvalue weighted by Crippen LogP contribution is -2.44. The first kappa shape index (κ1) is 36.7. The number of nitrogens with one attached hydrogen (secondary N) is 5. The minimum atomic E-state index is -0.623. The van der Waals surface area contributed by atoms with E-state index in [1.165, 1.54) is 0 Å². The van der Waals surface area contributed by atoms with Gasteiger partial charge in [0.25, 0.3) is 0 Å². The second-order valence-corrected chi connectivity index (χ2v) is 10.0. The standard InChI is InChI=1S/C26H39N7O8.C2H6/c1-16-11-18(3)32(25(16)40)9-4-5-19(34)29-14-22(37)31-15-23(38)30-13-21(36)27-7-6-20(35)28-8-10-33-24(39)12-17(2)26(33)41;1-2/h16-17H,3-15H2,1-2H3,(H,27,36)(H,28,35)(H,29,34)(H,30,38)(H,31,37);1-2H3. The fourth-order valence-corrected chi connectivity index (χ4v) is 4.25. The molecule has 2 unspecified atom stereocenters. The van der Waals surface area contributed by atoms with Crippen molar-refractivity contribution >= 4 is 47.3 Å². The lowest BCUT2D eigenvalue weighted by atomic mass is 10.1. The van der Waals surface area contributed by atoms with Crippen LogP contribution in [0, 0.1) is 11.8 Å². The van der Waals surface area contributed by atoms with E-state index < -0.39 is 24.3 Å². The molecule has 2 aliphatic heterocycles. The number of nitrogens with zero attached hydrogens (tertiary/aromatic N) is 2.